The Labute approximate surface area is 313 Å². The molecule has 1 aliphatic rings. The van der Waals surface area contributed by atoms with E-state index in [9.17, 15) is 24.3 Å². The standard InChI is InChI=1S/C41H70N4O7/c1-12-27(4)38(44(9)41(50)31(20-21-42)24-34(47)37(26(2)3)43(7)8)35(51-10)25-36(48)45-22-16-19-32(45)40(52-11)29(6)33(46)23-28(5)39(49)30-17-14-13-15-18-30/h13-15,17-18,26-29,31-32,35,37-40,49H,12,16,19-25,42H2,1-11H3/t27-,28-,29-,31+,32-,35+,37-,38-,39+,40+/m0/s1. The number of benzene rings is 1. The van der Waals surface area contributed by atoms with Crippen molar-refractivity contribution in [3.63, 3.8) is 0 Å². The molecule has 11 nitrogen and oxygen atoms in total. The van der Waals surface area contributed by atoms with Gasteiger partial charge in [-0.3, -0.25) is 24.1 Å². The van der Waals surface area contributed by atoms with Gasteiger partial charge in [-0.1, -0.05) is 78.3 Å². The first-order chi connectivity index (χ1) is 24.5. The minimum Gasteiger partial charge on any atom is -0.388 e. The van der Waals surface area contributed by atoms with Crippen molar-refractivity contribution in [3.05, 3.63) is 35.9 Å². The van der Waals surface area contributed by atoms with Gasteiger partial charge in [0.15, 0.2) is 5.78 Å². The first kappa shape index (κ1) is 45.5. The number of ether oxygens (including phenoxy) is 2. The van der Waals surface area contributed by atoms with Crippen LogP contribution in [-0.4, -0.2) is 122 Å². The third kappa shape index (κ3) is 11.9. The Morgan fingerprint density at radius 1 is 0.923 bits per heavy atom. The number of carbonyl (C=O) groups excluding carboxylic acids is 4. The third-order valence-electron chi connectivity index (χ3n) is 11.4. The number of nitrogens with two attached hydrogens (primary N) is 1. The Balaban J connectivity index is 2.24. The van der Waals surface area contributed by atoms with Gasteiger partial charge in [-0.25, -0.2) is 0 Å². The summed E-state index contributed by atoms with van der Waals surface area (Å²) >= 11 is 0. The van der Waals surface area contributed by atoms with Crippen LogP contribution in [0, 0.1) is 29.6 Å². The summed E-state index contributed by atoms with van der Waals surface area (Å²) in [6.07, 6.45) is 1.07. The van der Waals surface area contributed by atoms with Crippen molar-refractivity contribution in [1.82, 2.24) is 14.7 Å². The zero-order valence-electron chi connectivity index (χ0n) is 33.9. The summed E-state index contributed by atoms with van der Waals surface area (Å²) in [5.41, 5.74) is 6.73. The van der Waals surface area contributed by atoms with Crippen LogP contribution < -0.4 is 5.73 Å². The van der Waals surface area contributed by atoms with Crippen LogP contribution in [0.2, 0.25) is 0 Å². The molecule has 0 spiro atoms. The number of ketones is 2. The molecule has 1 aromatic carbocycles. The number of aliphatic hydroxyl groups excluding tert-OH is 1. The number of nitrogens with zero attached hydrogens (tertiary/aromatic N) is 3. The molecule has 1 fully saturated rings. The van der Waals surface area contributed by atoms with Crippen LogP contribution in [0.1, 0.15) is 98.2 Å². The van der Waals surface area contributed by atoms with E-state index in [1.165, 1.54) is 0 Å². The third-order valence-corrected chi connectivity index (χ3v) is 11.4. The van der Waals surface area contributed by atoms with E-state index in [4.69, 9.17) is 15.2 Å². The lowest BCUT2D eigenvalue weighted by atomic mass is 9.85. The van der Waals surface area contributed by atoms with Gasteiger partial charge in [-0.15, -0.1) is 0 Å². The van der Waals surface area contributed by atoms with Gasteiger partial charge in [-0.05, 0) is 63.2 Å². The number of carbonyl (C=O) groups is 4. The van der Waals surface area contributed by atoms with Crippen LogP contribution in [-0.2, 0) is 28.7 Å². The first-order valence-corrected chi connectivity index (χ1v) is 19.3. The van der Waals surface area contributed by atoms with E-state index in [-0.39, 0.29) is 79.0 Å². The number of hydrogen-bond acceptors (Lipinski definition) is 9. The number of methoxy groups -OCH3 is 2. The van der Waals surface area contributed by atoms with Crippen LogP contribution in [0.4, 0.5) is 0 Å². The zero-order chi connectivity index (χ0) is 39.3. The van der Waals surface area contributed by atoms with E-state index < -0.39 is 36.2 Å². The number of amides is 2. The van der Waals surface area contributed by atoms with Crippen LogP contribution in [0.25, 0.3) is 0 Å². The van der Waals surface area contributed by atoms with Gasteiger partial charge in [-0.2, -0.15) is 0 Å². The summed E-state index contributed by atoms with van der Waals surface area (Å²) in [6, 6.07) is 8.32. The molecule has 0 saturated carbocycles. The number of aliphatic hydroxyl groups is 1. The fourth-order valence-electron chi connectivity index (χ4n) is 8.36. The number of likely N-dealkylation sites (tertiary alicyclic amines) is 1. The zero-order valence-corrected chi connectivity index (χ0v) is 33.9. The summed E-state index contributed by atoms with van der Waals surface area (Å²) in [7, 11) is 8.66. The predicted octanol–water partition coefficient (Wildman–Crippen LogP) is 4.75. The van der Waals surface area contributed by atoms with Gasteiger partial charge in [0.25, 0.3) is 0 Å². The maximum Gasteiger partial charge on any atom is 0.226 e. The smallest absolute Gasteiger partial charge is 0.226 e. The largest absolute Gasteiger partial charge is 0.388 e. The molecule has 2 rings (SSSR count). The average Bonchev–Trinajstić information content (AvgIpc) is 3.60. The second-order valence-corrected chi connectivity index (χ2v) is 15.7. The molecule has 0 radical (unpaired) electrons. The number of rotatable bonds is 23. The molecule has 1 saturated heterocycles. The van der Waals surface area contributed by atoms with E-state index in [0.29, 0.717) is 19.4 Å². The summed E-state index contributed by atoms with van der Waals surface area (Å²) in [5.74, 6) is -1.55. The Morgan fingerprint density at radius 2 is 1.56 bits per heavy atom. The second kappa shape index (κ2) is 21.9. The molecule has 0 unspecified atom stereocenters. The molecule has 2 amide bonds. The van der Waals surface area contributed by atoms with Gasteiger partial charge in [0.2, 0.25) is 11.8 Å². The molecule has 1 aromatic rings. The highest BCUT2D eigenvalue weighted by atomic mass is 16.5. The van der Waals surface area contributed by atoms with Gasteiger partial charge in [0, 0.05) is 52.5 Å². The van der Waals surface area contributed by atoms with Crippen molar-refractivity contribution in [2.75, 3.05) is 48.5 Å². The molecule has 1 heterocycles. The predicted molar refractivity (Wildman–Crippen MR) is 205 cm³/mol. The second-order valence-electron chi connectivity index (χ2n) is 15.7. The number of likely N-dealkylation sites (N-methyl/N-ethyl adjacent to an activating group) is 2. The van der Waals surface area contributed by atoms with E-state index >= 15 is 0 Å². The van der Waals surface area contributed by atoms with Crippen molar-refractivity contribution >= 4 is 23.4 Å². The minimum absolute atomic E-state index is 0.00177. The molecule has 1 aliphatic heterocycles. The summed E-state index contributed by atoms with van der Waals surface area (Å²) < 4.78 is 12.0. The Kier molecular flexibility index (Phi) is 19.1. The molecular weight excluding hydrogens is 660 g/mol. The Bertz CT molecular complexity index is 1250. The fraction of sp³-hybridized carbons (Fsp3) is 0.756. The monoisotopic (exact) mass is 731 g/mol. The normalized spacial score (nSPS) is 20.1. The first-order valence-electron chi connectivity index (χ1n) is 19.3. The molecular formula is C41H70N4O7. The highest BCUT2D eigenvalue weighted by Crippen LogP contribution is 2.32. The molecule has 11 heteroatoms. The van der Waals surface area contributed by atoms with Crippen molar-refractivity contribution in [2.45, 2.75) is 123 Å². The summed E-state index contributed by atoms with van der Waals surface area (Å²) in [5, 5.41) is 10.9. The molecule has 0 bridgehead atoms. The van der Waals surface area contributed by atoms with E-state index in [1.54, 1.807) is 26.2 Å². The van der Waals surface area contributed by atoms with Crippen molar-refractivity contribution < 1.29 is 33.8 Å². The fourth-order valence-corrected chi connectivity index (χ4v) is 8.36. The number of Topliss-reactive ketones (excluding diaryl/α,β-unsaturated/α-hetero) is 2. The van der Waals surface area contributed by atoms with Crippen LogP contribution in [0.5, 0.6) is 0 Å². The van der Waals surface area contributed by atoms with Crippen LogP contribution >= 0.6 is 0 Å². The highest BCUT2D eigenvalue weighted by Gasteiger charge is 2.43. The van der Waals surface area contributed by atoms with Gasteiger partial charge >= 0.3 is 0 Å². The maximum absolute atomic E-state index is 14.2. The number of hydrogen-bond donors (Lipinski definition) is 2. The quantitative estimate of drug-likeness (QED) is 0.163. The van der Waals surface area contributed by atoms with E-state index in [0.717, 1.165) is 18.4 Å². The topological polar surface area (TPSA) is 143 Å². The molecule has 0 aliphatic carbocycles. The lowest BCUT2D eigenvalue weighted by Crippen LogP contribution is -2.54. The van der Waals surface area contributed by atoms with E-state index in [1.807, 2.05) is 88.8 Å². The summed E-state index contributed by atoms with van der Waals surface area (Å²) in [6.45, 7) is 12.6. The lowest BCUT2D eigenvalue weighted by Gasteiger charge is -2.40. The van der Waals surface area contributed by atoms with Gasteiger partial charge in [0.1, 0.15) is 5.78 Å². The van der Waals surface area contributed by atoms with Gasteiger partial charge in [0.05, 0.1) is 42.9 Å². The van der Waals surface area contributed by atoms with Crippen LogP contribution in [0.3, 0.4) is 0 Å². The molecule has 10 atom stereocenters. The van der Waals surface area contributed by atoms with Crippen molar-refractivity contribution in [3.8, 4) is 0 Å². The minimum atomic E-state index is -0.765. The van der Waals surface area contributed by atoms with Crippen molar-refractivity contribution in [2.24, 2.45) is 35.3 Å². The summed E-state index contributed by atoms with van der Waals surface area (Å²) in [4.78, 5) is 60.8. The Hall–Kier alpha value is -2.70. The average molecular weight is 731 g/mol. The molecule has 52 heavy (non-hydrogen) atoms. The SMILES string of the molecule is CC[C@H](C)[C@@H]([C@@H](CC(=O)N1CCC[C@H]1[C@H](OC)[C@@H](C)C(=O)C[C@H](C)[C@@H](O)c1ccccc1)OC)N(C)C(=O)[C@H](CCN)CC(=O)[C@H](C(C)C)N(C)C. The maximum atomic E-state index is 14.2. The van der Waals surface area contributed by atoms with Crippen LogP contribution in [0.15, 0.2) is 30.3 Å². The lowest BCUT2D eigenvalue weighted by molar-refractivity contribution is -0.148. The van der Waals surface area contributed by atoms with Crippen molar-refractivity contribution in [1.29, 1.82) is 0 Å². The Morgan fingerprint density at radius 3 is 2.08 bits per heavy atom. The molecule has 296 valence electrons. The molecule has 3 N–H and O–H groups in total. The molecule has 0 aromatic heterocycles. The van der Waals surface area contributed by atoms with Gasteiger partial charge < -0.3 is 30.1 Å². The highest BCUT2D eigenvalue weighted by molar-refractivity contribution is 5.90. The van der Waals surface area contributed by atoms with E-state index in [2.05, 4.69) is 6.92 Å².